The predicted octanol–water partition coefficient (Wildman–Crippen LogP) is 2.68. The van der Waals surface area contributed by atoms with Gasteiger partial charge < -0.3 is 23.7 Å². The number of fused-ring (bicyclic) bond motifs is 2. The van der Waals surface area contributed by atoms with Crippen LogP contribution < -0.4 is 19.6 Å². The molecule has 6 heteroatoms. The minimum absolute atomic E-state index is 0.0228. The second-order valence-corrected chi connectivity index (χ2v) is 4.60. The van der Waals surface area contributed by atoms with Gasteiger partial charge in [-0.2, -0.15) is 0 Å². The van der Waals surface area contributed by atoms with Gasteiger partial charge in [0.05, 0.1) is 21.3 Å². The molecule has 3 aromatic rings. The Morgan fingerprint density at radius 1 is 0.955 bits per heavy atom. The zero-order chi connectivity index (χ0) is 15.9. The Morgan fingerprint density at radius 3 is 2.32 bits per heavy atom. The smallest absolute Gasteiger partial charge is 0.208 e. The highest BCUT2D eigenvalue weighted by Gasteiger charge is 2.21. The van der Waals surface area contributed by atoms with Crippen molar-refractivity contribution in [2.24, 2.45) is 0 Å². The first-order valence-electron chi connectivity index (χ1n) is 6.49. The van der Waals surface area contributed by atoms with Crippen molar-refractivity contribution < 1.29 is 23.7 Å². The average Bonchev–Trinajstić information content (AvgIpc) is 2.53. The molecule has 0 atom stereocenters. The van der Waals surface area contributed by atoms with Gasteiger partial charge in [-0.15, -0.1) is 0 Å². The molecule has 6 nitrogen and oxygen atoms in total. The minimum Gasteiger partial charge on any atom is -0.504 e. The summed E-state index contributed by atoms with van der Waals surface area (Å²) in [5.41, 5.74) is 0.177. The summed E-state index contributed by atoms with van der Waals surface area (Å²) in [6.07, 6.45) is 0. The second kappa shape index (κ2) is 5.14. The fraction of sp³-hybridized carbons (Fsp3) is 0.188. The Kier molecular flexibility index (Phi) is 3.29. The van der Waals surface area contributed by atoms with Crippen LogP contribution in [0.25, 0.3) is 21.9 Å². The number of aromatic hydroxyl groups is 1. The first-order chi connectivity index (χ1) is 10.6. The fourth-order valence-corrected chi connectivity index (χ4v) is 2.49. The Bertz CT molecular complexity index is 925. The quantitative estimate of drug-likeness (QED) is 0.749. The van der Waals surface area contributed by atoms with E-state index in [1.807, 2.05) is 0 Å². The highest BCUT2D eigenvalue weighted by Crippen LogP contribution is 2.42. The van der Waals surface area contributed by atoms with Crippen molar-refractivity contribution in [1.82, 2.24) is 0 Å². The maximum Gasteiger partial charge on any atom is 0.208 e. The average molecular weight is 302 g/mol. The molecule has 0 spiro atoms. The SMILES string of the molecule is COc1cc2oc3cccc(OC)c3c(=O)c2c(O)c1OC. The second-order valence-electron chi connectivity index (χ2n) is 4.60. The summed E-state index contributed by atoms with van der Waals surface area (Å²) in [7, 11) is 4.28. The molecule has 0 aliphatic carbocycles. The summed E-state index contributed by atoms with van der Waals surface area (Å²) in [5, 5.41) is 10.6. The predicted molar refractivity (Wildman–Crippen MR) is 81.3 cm³/mol. The third-order valence-corrected chi connectivity index (χ3v) is 3.49. The van der Waals surface area contributed by atoms with E-state index in [2.05, 4.69) is 0 Å². The molecular weight excluding hydrogens is 288 g/mol. The van der Waals surface area contributed by atoms with Crippen LogP contribution in [0.3, 0.4) is 0 Å². The summed E-state index contributed by atoms with van der Waals surface area (Å²) in [6.45, 7) is 0. The van der Waals surface area contributed by atoms with Gasteiger partial charge in [-0.05, 0) is 12.1 Å². The molecule has 1 N–H and O–H groups in total. The lowest BCUT2D eigenvalue weighted by molar-refractivity contribution is 0.334. The van der Waals surface area contributed by atoms with E-state index < -0.39 is 5.43 Å². The Morgan fingerprint density at radius 2 is 1.68 bits per heavy atom. The largest absolute Gasteiger partial charge is 0.504 e. The van der Waals surface area contributed by atoms with Gasteiger partial charge in [-0.3, -0.25) is 4.79 Å². The van der Waals surface area contributed by atoms with Crippen LogP contribution >= 0.6 is 0 Å². The van der Waals surface area contributed by atoms with Crippen molar-refractivity contribution in [2.45, 2.75) is 0 Å². The Balaban J connectivity index is 2.56. The van der Waals surface area contributed by atoms with Crippen molar-refractivity contribution >= 4 is 21.9 Å². The highest BCUT2D eigenvalue weighted by molar-refractivity contribution is 5.97. The first-order valence-corrected chi connectivity index (χ1v) is 6.49. The first kappa shape index (κ1) is 14.1. The maximum absolute atomic E-state index is 12.8. The van der Waals surface area contributed by atoms with E-state index in [1.54, 1.807) is 18.2 Å². The van der Waals surface area contributed by atoms with E-state index in [0.29, 0.717) is 11.3 Å². The number of hydrogen-bond acceptors (Lipinski definition) is 6. The van der Waals surface area contributed by atoms with E-state index >= 15 is 0 Å². The van der Waals surface area contributed by atoms with Crippen LogP contribution in [-0.4, -0.2) is 26.4 Å². The van der Waals surface area contributed by atoms with Crippen LogP contribution in [0, 0.1) is 0 Å². The number of benzene rings is 2. The molecular formula is C16H14O6. The van der Waals surface area contributed by atoms with Crippen molar-refractivity contribution in [1.29, 1.82) is 0 Å². The topological polar surface area (TPSA) is 78.1 Å². The van der Waals surface area contributed by atoms with Gasteiger partial charge in [0.1, 0.15) is 27.7 Å². The molecule has 1 aromatic heterocycles. The molecule has 0 saturated carbocycles. The van der Waals surface area contributed by atoms with Gasteiger partial charge >= 0.3 is 0 Å². The van der Waals surface area contributed by atoms with E-state index in [4.69, 9.17) is 18.6 Å². The van der Waals surface area contributed by atoms with Crippen molar-refractivity contribution in [3.05, 3.63) is 34.5 Å². The number of phenolic OH excluding ortho intramolecular Hbond substituents is 1. The van der Waals surface area contributed by atoms with Gasteiger partial charge in [0, 0.05) is 6.07 Å². The Hall–Kier alpha value is -2.89. The maximum atomic E-state index is 12.8. The van der Waals surface area contributed by atoms with Gasteiger partial charge in [0.25, 0.3) is 0 Å². The van der Waals surface area contributed by atoms with Crippen LogP contribution in [0.1, 0.15) is 0 Å². The van der Waals surface area contributed by atoms with Gasteiger partial charge in [0.2, 0.25) is 11.2 Å². The molecule has 114 valence electrons. The summed E-state index contributed by atoms with van der Waals surface area (Å²) >= 11 is 0. The van der Waals surface area contributed by atoms with E-state index in [-0.39, 0.29) is 33.6 Å². The lowest BCUT2D eigenvalue weighted by Crippen LogP contribution is -2.05. The third kappa shape index (κ3) is 1.84. The fourth-order valence-electron chi connectivity index (χ4n) is 2.49. The normalized spacial score (nSPS) is 10.9. The number of rotatable bonds is 3. The highest BCUT2D eigenvalue weighted by atomic mass is 16.5. The molecule has 2 aromatic carbocycles. The summed E-state index contributed by atoms with van der Waals surface area (Å²) in [4.78, 5) is 12.8. The monoisotopic (exact) mass is 302 g/mol. The van der Waals surface area contributed by atoms with Crippen molar-refractivity contribution in [3.8, 4) is 23.0 Å². The molecule has 3 rings (SSSR count). The lowest BCUT2D eigenvalue weighted by Gasteiger charge is -2.12. The summed E-state index contributed by atoms with van der Waals surface area (Å²) in [5.74, 6) is 0.412. The van der Waals surface area contributed by atoms with E-state index in [1.165, 1.54) is 27.4 Å². The molecule has 0 aliphatic rings. The Labute approximate surface area is 125 Å². The molecule has 0 bridgehead atoms. The van der Waals surface area contributed by atoms with Crippen LogP contribution in [-0.2, 0) is 0 Å². The van der Waals surface area contributed by atoms with Crippen LogP contribution in [0.2, 0.25) is 0 Å². The van der Waals surface area contributed by atoms with E-state index in [9.17, 15) is 9.90 Å². The number of hydrogen-bond donors (Lipinski definition) is 1. The van der Waals surface area contributed by atoms with Crippen LogP contribution in [0.4, 0.5) is 0 Å². The zero-order valence-corrected chi connectivity index (χ0v) is 12.3. The molecule has 22 heavy (non-hydrogen) atoms. The van der Waals surface area contributed by atoms with Crippen molar-refractivity contribution in [3.63, 3.8) is 0 Å². The van der Waals surface area contributed by atoms with Crippen molar-refractivity contribution in [2.75, 3.05) is 21.3 Å². The van der Waals surface area contributed by atoms with Crippen LogP contribution in [0.15, 0.2) is 33.5 Å². The number of methoxy groups -OCH3 is 3. The molecule has 0 fully saturated rings. The molecule has 0 unspecified atom stereocenters. The molecule has 0 saturated heterocycles. The molecule has 0 radical (unpaired) electrons. The van der Waals surface area contributed by atoms with Gasteiger partial charge in [-0.25, -0.2) is 0 Å². The molecule has 0 amide bonds. The molecule has 1 heterocycles. The standard InChI is InChI=1S/C16H14O6/c1-19-8-5-4-6-9-12(8)14(17)13-10(22-9)7-11(20-2)16(21-3)15(13)18/h4-7,18H,1-3H3. The minimum atomic E-state index is -0.396. The van der Waals surface area contributed by atoms with Gasteiger partial charge in [0.15, 0.2) is 11.5 Å². The number of ether oxygens (including phenoxy) is 3. The van der Waals surface area contributed by atoms with Gasteiger partial charge in [-0.1, -0.05) is 6.07 Å². The molecule has 0 aliphatic heterocycles. The third-order valence-electron chi connectivity index (χ3n) is 3.49. The lowest BCUT2D eigenvalue weighted by atomic mass is 10.1. The van der Waals surface area contributed by atoms with Crippen LogP contribution in [0.5, 0.6) is 23.0 Å². The zero-order valence-electron chi connectivity index (χ0n) is 12.3. The number of phenols is 1. The summed E-state index contributed by atoms with van der Waals surface area (Å²) < 4.78 is 21.2. The van der Waals surface area contributed by atoms with E-state index in [0.717, 1.165) is 0 Å². The summed E-state index contributed by atoms with van der Waals surface area (Å²) in [6, 6.07) is 6.54.